The second-order valence-corrected chi connectivity index (χ2v) is 5.02. The van der Waals surface area contributed by atoms with Crippen LogP contribution in [0.15, 0.2) is 54.9 Å². The first-order valence-corrected chi connectivity index (χ1v) is 6.77. The summed E-state index contributed by atoms with van der Waals surface area (Å²) >= 11 is 0. The van der Waals surface area contributed by atoms with Gasteiger partial charge in [0, 0.05) is 11.4 Å². The Morgan fingerprint density at radius 1 is 1.00 bits per heavy atom. The van der Waals surface area contributed by atoms with E-state index in [-0.39, 0.29) is 6.04 Å². The van der Waals surface area contributed by atoms with E-state index < -0.39 is 0 Å². The molecule has 0 saturated heterocycles. The van der Waals surface area contributed by atoms with Gasteiger partial charge in [-0.2, -0.15) is 0 Å². The van der Waals surface area contributed by atoms with Gasteiger partial charge in [0.05, 0.1) is 5.52 Å². The first kappa shape index (κ1) is 12.6. The Labute approximate surface area is 118 Å². The maximum Gasteiger partial charge on any atom is 0.137 e. The number of rotatable bonds is 3. The fourth-order valence-electron chi connectivity index (χ4n) is 2.32. The molecule has 20 heavy (non-hydrogen) atoms. The van der Waals surface area contributed by atoms with Gasteiger partial charge >= 0.3 is 0 Å². The zero-order valence-corrected chi connectivity index (χ0v) is 11.7. The second kappa shape index (κ2) is 5.29. The van der Waals surface area contributed by atoms with E-state index in [1.807, 2.05) is 12.1 Å². The zero-order valence-electron chi connectivity index (χ0n) is 11.7. The summed E-state index contributed by atoms with van der Waals surface area (Å²) in [4.78, 5) is 8.70. The molecule has 1 aromatic heterocycles. The highest BCUT2D eigenvalue weighted by Crippen LogP contribution is 2.24. The van der Waals surface area contributed by atoms with Gasteiger partial charge in [0.25, 0.3) is 0 Å². The summed E-state index contributed by atoms with van der Waals surface area (Å²) < 4.78 is 0. The van der Waals surface area contributed by atoms with Crippen molar-refractivity contribution in [1.29, 1.82) is 0 Å². The van der Waals surface area contributed by atoms with Gasteiger partial charge in [-0.3, -0.25) is 0 Å². The minimum Gasteiger partial charge on any atom is -0.363 e. The van der Waals surface area contributed by atoms with Crippen LogP contribution in [0.2, 0.25) is 0 Å². The van der Waals surface area contributed by atoms with Gasteiger partial charge in [-0.05, 0) is 31.5 Å². The number of aryl methyl sites for hydroxylation is 1. The summed E-state index contributed by atoms with van der Waals surface area (Å²) in [5, 5.41) is 4.54. The number of hydrogen-bond donors (Lipinski definition) is 1. The van der Waals surface area contributed by atoms with Crippen LogP contribution in [0.4, 0.5) is 5.82 Å². The van der Waals surface area contributed by atoms with Gasteiger partial charge in [-0.25, -0.2) is 9.97 Å². The molecule has 0 radical (unpaired) electrons. The minimum atomic E-state index is 0.204. The predicted octanol–water partition coefficient (Wildman–Crippen LogP) is 4.11. The highest BCUT2D eigenvalue weighted by Gasteiger charge is 2.09. The van der Waals surface area contributed by atoms with E-state index in [2.05, 4.69) is 65.5 Å². The molecule has 3 rings (SSSR count). The van der Waals surface area contributed by atoms with Gasteiger partial charge in [0.15, 0.2) is 0 Å². The highest BCUT2D eigenvalue weighted by molar-refractivity contribution is 5.89. The minimum absolute atomic E-state index is 0.204. The molecule has 0 aliphatic rings. The largest absolute Gasteiger partial charge is 0.363 e. The van der Waals surface area contributed by atoms with Crippen LogP contribution in [0.3, 0.4) is 0 Å². The van der Waals surface area contributed by atoms with Crippen LogP contribution < -0.4 is 5.32 Å². The Hall–Kier alpha value is -2.42. The lowest BCUT2D eigenvalue weighted by Crippen LogP contribution is -2.08. The molecule has 0 fully saturated rings. The predicted molar refractivity (Wildman–Crippen MR) is 82.8 cm³/mol. The standard InChI is InChI=1S/C17H17N3/c1-12-8-9-16-15(10-12)17(19-11-18-16)20-13(2)14-6-4-3-5-7-14/h3-11,13H,1-2H3,(H,18,19,20). The van der Waals surface area contributed by atoms with Crippen LogP contribution in [-0.4, -0.2) is 9.97 Å². The van der Waals surface area contributed by atoms with Crippen LogP contribution >= 0.6 is 0 Å². The SMILES string of the molecule is Cc1ccc2ncnc(NC(C)c3ccccc3)c2c1. The van der Waals surface area contributed by atoms with E-state index in [9.17, 15) is 0 Å². The van der Waals surface area contributed by atoms with Gasteiger partial charge in [0.1, 0.15) is 12.1 Å². The second-order valence-electron chi connectivity index (χ2n) is 5.02. The molecule has 1 unspecified atom stereocenters. The lowest BCUT2D eigenvalue weighted by molar-refractivity contribution is 0.876. The molecular formula is C17H17N3. The fraction of sp³-hybridized carbons (Fsp3) is 0.176. The van der Waals surface area contributed by atoms with Crippen molar-refractivity contribution in [2.45, 2.75) is 19.9 Å². The first-order valence-electron chi connectivity index (χ1n) is 6.77. The Balaban J connectivity index is 1.97. The molecule has 1 N–H and O–H groups in total. The number of aromatic nitrogens is 2. The third-order valence-corrected chi connectivity index (χ3v) is 3.44. The molecule has 1 heterocycles. The Morgan fingerprint density at radius 3 is 2.60 bits per heavy atom. The van der Waals surface area contributed by atoms with E-state index in [0.717, 1.165) is 16.7 Å². The molecule has 3 aromatic rings. The summed E-state index contributed by atoms with van der Waals surface area (Å²) in [5.41, 5.74) is 3.42. The number of nitrogens with zero attached hydrogens (tertiary/aromatic N) is 2. The molecule has 3 heteroatoms. The van der Waals surface area contributed by atoms with Crippen LogP contribution in [0, 0.1) is 6.92 Å². The van der Waals surface area contributed by atoms with Crippen LogP contribution in [0.1, 0.15) is 24.1 Å². The van der Waals surface area contributed by atoms with E-state index in [4.69, 9.17) is 0 Å². The molecule has 2 aromatic carbocycles. The number of hydrogen-bond acceptors (Lipinski definition) is 3. The van der Waals surface area contributed by atoms with Crippen LogP contribution in [0.5, 0.6) is 0 Å². The van der Waals surface area contributed by atoms with Gasteiger partial charge in [-0.1, -0.05) is 42.0 Å². The molecule has 0 aliphatic heterocycles. The van der Waals surface area contributed by atoms with Crippen molar-refractivity contribution in [3.63, 3.8) is 0 Å². The smallest absolute Gasteiger partial charge is 0.137 e. The number of fused-ring (bicyclic) bond motifs is 1. The van der Waals surface area contributed by atoms with Gasteiger partial charge < -0.3 is 5.32 Å². The van der Waals surface area contributed by atoms with Crippen molar-refractivity contribution in [2.24, 2.45) is 0 Å². The third-order valence-electron chi connectivity index (χ3n) is 3.44. The molecule has 1 atom stereocenters. The monoisotopic (exact) mass is 263 g/mol. The normalized spacial score (nSPS) is 12.3. The van der Waals surface area contributed by atoms with E-state index in [0.29, 0.717) is 0 Å². The lowest BCUT2D eigenvalue weighted by atomic mass is 10.1. The molecule has 0 bridgehead atoms. The molecule has 0 amide bonds. The van der Waals surface area contributed by atoms with Crippen molar-refractivity contribution in [1.82, 2.24) is 9.97 Å². The number of nitrogens with one attached hydrogen (secondary N) is 1. The summed E-state index contributed by atoms with van der Waals surface area (Å²) in [6, 6.07) is 16.8. The molecule has 3 nitrogen and oxygen atoms in total. The first-order chi connectivity index (χ1) is 9.74. The summed E-state index contributed by atoms with van der Waals surface area (Å²) in [5.74, 6) is 0.884. The summed E-state index contributed by atoms with van der Waals surface area (Å²) in [6.45, 7) is 4.22. The average Bonchev–Trinajstić information content (AvgIpc) is 2.49. The molecule has 0 saturated carbocycles. The van der Waals surface area contributed by atoms with Gasteiger partial charge in [0.2, 0.25) is 0 Å². The number of benzene rings is 2. The Bertz CT molecular complexity index is 723. The van der Waals surface area contributed by atoms with Crippen LogP contribution in [0.25, 0.3) is 10.9 Å². The van der Waals surface area contributed by atoms with Crippen molar-refractivity contribution in [3.8, 4) is 0 Å². The maximum absolute atomic E-state index is 4.39. The maximum atomic E-state index is 4.39. The number of anilines is 1. The van der Waals surface area contributed by atoms with Crippen molar-refractivity contribution in [2.75, 3.05) is 5.32 Å². The van der Waals surface area contributed by atoms with Crippen molar-refractivity contribution in [3.05, 3.63) is 66.0 Å². The van der Waals surface area contributed by atoms with E-state index in [1.54, 1.807) is 6.33 Å². The van der Waals surface area contributed by atoms with Crippen molar-refractivity contribution >= 4 is 16.7 Å². The van der Waals surface area contributed by atoms with Gasteiger partial charge in [-0.15, -0.1) is 0 Å². The van der Waals surface area contributed by atoms with Crippen molar-refractivity contribution < 1.29 is 0 Å². The Kier molecular flexibility index (Phi) is 3.33. The van der Waals surface area contributed by atoms with E-state index >= 15 is 0 Å². The quantitative estimate of drug-likeness (QED) is 0.772. The van der Waals surface area contributed by atoms with E-state index in [1.165, 1.54) is 11.1 Å². The fourth-order valence-corrected chi connectivity index (χ4v) is 2.32. The molecule has 100 valence electrons. The summed E-state index contributed by atoms with van der Waals surface area (Å²) in [6.07, 6.45) is 1.61. The third kappa shape index (κ3) is 2.48. The Morgan fingerprint density at radius 2 is 1.80 bits per heavy atom. The molecular weight excluding hydrogens is 246 g/mol. The topological polar surface area (TPSA) is 37.8 Å². The van der Waals surface area contributed by atoms with Crippen LogP contribution in [-0.2, 0) is 0 Å². The average molecular weight is 263 g/mol. The summed E-state index contributed by atoms with van der Waals surface area (Å²) in [7, 11) is 0. The lowest BCUT2D eigenvalue weighted by Gasteiger charge is -2.16. The molecule has 0 spiro atoms. The molecule has 0 aliphatic carbocycles. The zero-order chi connectivity index (χ0) is 13.9. The highest BCUT2D eigenvalue weighted by atomic mass is 15.0.